The number of pyridine rings is 1. The number of fused-ring (bicyclic) bond motifs is 1. The van der Waals surface area contributed by atoms with Crippen molar-refractivity contribution in [3.05, 3.63) is 74.9 Å². The van der Waals surface area contributed by atoms with E-state index in [2.05, 4.69) is 15.5 Å². The molecule has 0 unspecified atom stereocenters. The third kappa shape index (κ3) is 5.68. The third-order valence-electron chi connectivity index (χ3n) is 4.05. The second-order valence-electron chi connectivity index (χ2n) is 6.14. The van der Waals surface area contributed by atoms with Crippen molar-refractivity contribution in [3.63, 3.8) is 0 Å². The number of non-ortho nitro benzene ring substituents is 1. The fraction of sp³-hybridized carbons (Fsp3) is 0.150. The van der Waals surface area contributed by atoms with Crippen molar-refractivity contribution >= 4 is 52.1 Å². The molecule has 8 nitrogen and oxygen atoms in total. The topological polar surface area (TPSA) is 107 Å². The number of hydrogen-bond acceptors (Lipinski definition) is 7. The van der Waals surface area contributed by atoms with Gasteiger partial charge in [0.2, 0.25) is 5.91 Å². The SMILES string of the molecule is COc1ccc2cc(/C=N/NC(=O)CSCc3ccc([N+](=O)[O-])cc3)c(Cl)nc2c1. The minimum Gasteiger partial charge on any atom is -0.497 e. The van der Waals surface area contributed by atoms with Crippen LogP contribution in [0.4, 0.5) is 5.69 Å². The van der Waals surface area contributed by atoms with Crippen molar-refractivity contribution < 1.29 is 14.5 Å². The highest BCUT2D eigenvalue weighted by atomic mass is 35.5. The number of nitrogens with one attached hydrogen (secondary N) is 1. The van der Waals surface area contributed by atoms with Gasteiger partial charge in [-0.1, -0.05) is 23.7 Å². The molecule has 0 saturated heterocycles. The molecule has 10 heteroatoms. The Kier molecular flexibility index (Phi) is 7.21. The lowest BCUT2D eigenvalue weighted by molar-refractivity contribution is -0.384. The zero-order valence-electron chi connectivity index (χ0n) is 15.9. The number of aromatic nitrogens is 1. The van der Waals surface area contributed by atoms with E-state index in [1.807, 2.05) is 18.2 Å². The number of amides is 1. The molecule has 1 N–H and O–H groups in total. The number of halogens is 1. The quantitative estimate of drug-likeness (QED) is 0.241. The Bertz CT molecular complexity index is 1110. The second kappa shape index (κ2) is 10.0. The monoisotopic (exact) mass is 444 g/mol. The van der Waals surface area contributed by atoms with Crippen LogP contribution < -0.4 is 10.2 Å². The number of nitrogens with zero attached hydrogens (tertiary/aromatic N) is 3. The molecule has 2 aromatic carbocycles. The number of rotatable bonds is 8. The van der Waals surface area contributed by atoms with E-state index in [0.717, 1.165) is 10.9 Å². The van der Waals surface area contributed by atoms with E-state index in [1.165, 1.54) is 30.1 Å². The molecule has 0 saturated carbocycles. The predicted octanol–water partition coefficient (Wildman–Crippen LogP) is 4.19. The smallest absolute Gasteiger partial charge is 0.269 e. The van der Waals surface area contributed by atoms with Gasteiger partial charge in [0, 0.05) is 34.9 Å². The molecule has 0 aliphatic heterocycles. The van der Waals surface area contributed by atoms with Gasteiger partial charge in [0.05, 0.1) is 29.5 Å². The second-order valence-corrected chi connectivity index (χ2v) is 7.48. The highest BCUT2D eigenvalue weighted by Crippen LogP contribution is 2.23. The van der Waals surface area contributed by atoms with Gasteiger partial charge in [0.1, 0.15) is 10.9 Å². The Labute approximate surface area is 181 Å². The first-order valence-corrected chi connectivity index (χ1v) is 10.3. The van der Waals surface area contributed by atoms with E-state index in [9.17, 15) is 14.9 Å². The summed E-state index contributed by atoms with van der Waals surface area (Å²) in [7, 11) is 1.58. The van der Waals surface area contributed by atoms with E-state index in [4.69, 9.17) is 16.3 Å². The summed E-state index contributed by atoms with van der Waals surface area (Å²) in [4.78, 5) is 26.5. The largest absolute Gasteiger partial charge is 0.497 e. The van der Waals surface area contributed by atoms with Gasteiger partial charge in [0.25, 0.3) is 5.69 Å². The maximum absolute atomic E-state index is 11.9. The first-order chi connectivity index (χ1) is 14.5. The normalized spacial score (nSPS) is 11.0. The van der Waals surface area contributed by atoms with Crippen LogP contribution in [0.2, 0.25) is 5.15 Å². The molecule has 0 bridgehead atoms. The number of nitro groups is 1. The van der Waals surface area contributed by atoms with Crippen LogP contribution in [-0.2, 0) is 10.5 Å². The van der Waals surface area contributed by atoms with E-state index < -0.39 is 4.92 Å². The van der Waals surface area contributed by atoms with Gasteiger partial charge < -0.3 is 4.74 Å². The average Bonchev–Trinajstić information content (AvgIpc) is 2.74. The average molecular weight is 445 g/mol. The van der Waals surface area contributed by atoms with Gasteiger partial charge in [-0.25, -0.2) is 10.4 Å². The van der Waals surface area contributed by atoms with Crippen molar-refractivity contribution in [2.45, 2.75) is 5.75 Å². The van der Waals surface area contributed by atoms with E-state index in [-0.39, 0.29) is 22.5 Å². The molecule has 1 heterocycles. The van der Waals surface area contributed by atoms with Crippen LogP contribution in [0.5, 0.6) is 5.75 Å². The zero-order chi connectivity index (χ0) is 21.5. The standard InChI is InChI=1S/C20H17ClN4O4S/c1-29-17-7-4-14-8-15(20(21)23-18(14)9-17)10-22-24-19(26)12-30-11-13-2-5-16(6-3-13)25(27)28/h2-10H,11-12H2,1H3,(H,24,26)/b22-10+. The first kappa shape index (κ1) is 21.5. The molecule has 3 rings (SSSR count). The number of hydrogen-bond donors (Lipinski definition) is 1. The summed E-state index contributed by atoms with van der Waals surface area (Å²) < 4.78 is 5.17. The number of hydrazone groups is 1. The van der Waals surface area contributed by atoms with Crippen molar-refractivity contribution in [1.29, 1.82) is 0 Å². The Morgan fingerprint density at radius 1 is 1.30 bits per heavy atom. The number of ether oxygens (including phenoxy) is 1. The molecule has 0 aliphatic carbocycles. The van der Waals surface area contributed by atoms with Gasteiger partial charge in [-0.2, -0.15) is 5.10 Å². The fourth-order valence-corrected chi connectivity index (χ4v) is 3.51. The first-order valence-electron chi connectivity index (χ1n) is 8.73. The molecule has 3 aromatic rings. The zero-order valence-corrected chi connectivity index (χ0v) is 17.4. The van der Waals surface area contributed by atoms with Gasteiger partial charge in [-0.3, -0.25) is 14.9 Å². The summed E-state index contributed by atoms with van der Waals surface area (Å²) in [5.41, 5.74) is 4.66. The lowest BCUT2D eigenvalue weighted by Crippen LogP contribution is -2.19. The molecule has 0 fully saturated rings. The predicted molar refractivity (Wildman–Crippen MR) is 118 cm³/mol. The lowest BCUT2D eigenvalue weighted by Gasteiger charge is -2.05. The van der Waals surface area contributed by atoms with Crippen LogP contribution in [0.1, 0.15) is 11.1 Å². The molecule has 1 amide bonds. The summed E-state index contributed by atoms with van der Waals surface area (Å²) in [5, 5.41) is 15.7. The maximum atomic E-state index is 11.9. The van der Waals surface area contributed by atoms with Gasteiger partial charge in [0.15, 0.2) is 0 Å². The number of benzene rings is 2. The molecule has 0 radical (unpaired) electrons. The van der Waals surface area contributed by atoms with Crippen molar-refractivity contribution in [3.8, 4) is 5.75 Å². The molecular formula is C20H17ClN4O4S. The van der Waals surface area contributed by atoms with Crippen LogP contribution in [-0.4, -0.2) is 34.9 Å². The number of methoxy groups -OCH3 is 1. The molecule has 30 heavy (non-hydrogen) atoms. The third-order valence-corrected chi connectivity index (χ3v) is 5.35. The molecule has 0 spiro atoms. The molecule has 0 aliphatic rings. The summed E-state index contributed by atoms with van der Waals surface area (Å²) in [6.07, 6.45) is 1.44. The number of thioether (sulfide) groups is 1. The fourth-order valence-electron chi connectivity index (χ4n) is 2.54. The van der Waals surface area contributed by atoms with Gasteiger partial charge in [-0.15, -0.1) is 11.8 Å². The number of nitro benzene ring substituents is 1. The Balaban J connectivity index is 1.51. The summed E-state index contributed by atoms with van der Waals surface area (Å²) in [6.45, 7) is 0. The molecule has 154 valence electrons. The lowest BCUT2D eigenvalue weighted by atomic mass is 10.1. The summed E-state index contributed by atoms with van der Waals surface area (Å²) in [6, 6.07) is 13.5. The molecule has 1 aromatic heterocycles. The van der Waals surface area contributed by atoms with Crippen LogP contribution in [0.3, 0.4) is 0 Å². The Morgan fingerprint density at radius 2 is 2.07 bits per heavy atom. The Hall–Kier alpha value is -3.17. The molecule has 0 atom stereocenters. The number of carbonyl (C=O) groups is 1. The summed E-state index contributed by atoms with van der Waals surface area (Å²) >= 11 is 7.57. The molecular weight excluding hydrogens is 428 g/mol. The van der Waals surface area contributed by atoms with Crippen molar-refractivity contribution in [2.24, 2.45) is 5.10 Å². The van der Waals surface area contributed by atoms with Gasteiger partial charge in [-0.05, 0) is 23.8 Å². The van der Waals surface area contributed by atoms with Crippen molar-refractivity contribution in [1.82, 2.24) is 10.4 Å². The minimum atomic E-state index is -0.448. The van der Waals surface area contributed by atoms with E-state index >= 15 is 0 Å². The van der Waals surface area contributed by atoms with E-state index in [0.29, 0.717) is 22.6 Å². The van der Waals surface area contributed by atoms with Crippen LogP contribution in [0, 0.1) is 10.1 Å². The van der Waals surface area contributed by atoms with Crippen molar-refractivity contribution in [2.75, 3.05) is 12.9 Å². The van der Waals surface area contributed by atoms with Crippen LogP contribution in [0.15, 0.2) is 53.6 Å². The van der Waals surface area contributed by atoms with E-state index in [1.54, 1.807) is 25.3 Å². The maximum Gasteiger partial charge on any atom is 0.269 e. The Morgan fingerprint density at radius 3 is 2.77 bits per heavy atom. The highest BCUT2D eigenvalue weighted by Gasteiger charge is 2.07. The highest BCUT2D eigenvalue weighted by molar-refractivity contribution is 7.99. The number of carbonyl (C=O) groups excluding carboxylic acids is 1. The summed E-state index contributed by atoms with van der Waals surface area (Å²) in [5.74, 6) is 1.16. The van der Waals surface area contributed by atoms with Crippen LogP contribution >= 0.6 is 23.4 Å². The minimum absolute atomic E-state index is 0.0387. The van der Waals surface area contributed by atoms with Gasteiger partial charge >= 0.3 is 0 Å². The van der Waals surface area contributed by atoms with Crippen LogP contribution in [0.25, 0.3) is 10.9 Å².